The highest BCUT2D eigenvalue weighted by Gasteiger charge is 2.33. The zero-order chi connectivity index (χ0) is 19.4. The van der Waals surface area contributed by atoms with E-state index in [9.17, 15) is 9.59 Å². The van der Waals surface area contributed by atoms with Crippen LogP contribution in [0.15, 0.2) is 30.5 Å². The number of carbonyl (C=O) groups is 2. The normalized spacial score (nSPS) is 16.8. The van der Waals surface area contributed by atoms with Crippen molar-refractivity contribution in [2.75, 3.05) is 11.9 Å². The minimum atomic E-state index is -0.127. The Morgan fingerprint density at radius 1 is 1.41 bits per heavy atom. The van der Waals surface area contributed by atoms with Gasteiger partial charge in [-0.2, -0.15) is 0 Å². The number of nitrogens with one attached hydrogen (secondary N) is 1. The third kappa shape index (κ3) is 5.28. The summed E-state index contributed by atoms with van der Waals surface area (Å²) in [6.07, 6.45) is 3.30. The number of hydrogen-bond acceptors (Lipinski definition) is 6. The van der Waals surface area contributed by atoms with Gasteiger partial charge in [0.2, 0.25) is 11.8 Å². The number of thiazole rings is 1. The van der Waals surface area contributed by atoms with Gasteiger partial charge in [0.05, 0.1) is 5.25 Å². The summed E-state index contributed by atoms with van der Waals surface area (Å²) in [5, 5.41) is 3.98. The van der Waals surface area contributed by atoms with Gasteiger partial charge >= 0.3 is 0 Å². The van der Waals surface area contributed by atoms with Crippen LogP contribution in [-0.2, 0) is 16.0 Å². The highest BCUT2D eigenvalue weighted by atomic mass is 35.5. The summed E-state index contributed by atoms with van der Waals surface area (Å²) in [6, 6.07) is 7.67. The molecule has 1 saturated heterocycles. The quantitative estimate of drug-likeness (QED) is 0.649. The second-order valence-corrected chi connectivity index (χ2v) is 9.56. The van der Waals surface area contributed by atoms with E-state index in [2.05, 4.69) is 10.3 Å². The van der Waals surface area contributed by atoms with E-state index >= 15 is 0 Å². The number of thiocarbonyl (C=S) groups is 1. The molecule has 2 heterocycles. The van der Waals surface area contributed by atoms with E-state index in [-0.39, 0.29) is 17.1 Å². The van der Waals surface area contributed by atoms with Gasteiger partial charge in [-0.25, -0.2) is 4.98 Å². The van der Waals surface area contributed by atoms with Crippen LogP contribution in [0.1, 0.15) is 30.2 Å². The SMILES string of the molecule is CC1SC(=S)N(CCCC(=O)Nc2ncc(Cc3ccccc3Cl)s2)C1=O. The molecule has 2 aromatic rings. The van der Waals surface area contributed by atoms with Crippen molar-refractivity contribution in [3.63, 3.8) is 0 Å². The van der Waals surface area contributed by atoms with Crippen molar-refractivity contribution in [1.29, 1.82) is 0 Å². The first-order valence-corrected chi connectivity index (χ1v) is 10.9. The summed E-state index contributed by atoms with van der Waals surface area (Å²) in [4.78, 5) is 31.0. The molecule has 1 unspecified atom stereocenters. The molecule has 1 aromatic heterocycles. The Bertz CT molecular complexity index is 871. The molecule has 9 heteroatoms. The summed E-state index contributed by atoms with van der Waals surface area (Å²) in [7, 11) is 0. The molecule has 0 saturated carbocycles. The summed E-state index contributed by atoms with van der Waals surface area (Å²) in [5.74, 6) is -0.0959. The fraction of sp³-hybridized carbons (Fsp3) is 0.333. The molecule has 142 valence electrons. The van der Waals surface area contributed by atoms with Crippen molar-refractivity contribution in [3.05, 3.63) is 45.9 Å². The van der Waals surface area contributed by atoms with Gasteiger partial charge in [0, 0.05) is 35.5 Å². The Kier molecular flexibility index (Phi) is 6.86. The second kappa shape index (κ2) is 9.14. The Hall–Kier alpha value is -1.48. The lowest BCUT2D eigenvalue weighted by Crippen LogP contribution is -2.32. The van der Waals surface area contributed by atoms with Crippen LogP contribution >= 0.6 is 46.9 Å². The van der Waals surface area contributed by atoms with Gasteiger partial charge in [0.25, 0.3) is 0 Å². The molecule has 1 aliphatic rings. The van der Waals surface area contributed by atoms with Crippen molar-refractivity contribution in [2.45, 2.75) is 31.4 Å². The average Bonchev–Trinajstić information content (AvgIpc) is 3.16. The lowest BCUT2D eigenvalue weighted by molar-refractivity contribution is -0.126. The summed E-state index contributed by atoms with van der Waals surface area (Å²) >= 11 is 14.2. The number of rotatable bonds is 7. The van der Waals surface area contributed by atoms with Gasteiger partial charge in [0.1, 0.15) is 4.32 Å². The van der Waals surface area contributed by atoms with Gasteiger partial charge in [-0.3, -0.25) is 14.5 Å². The van der Waals surface area contributed by atoms with Crippen LogP contribution in [0.3, 0.4) is 0 Å². The first-order valence-electron chi connectivity index (χ1n) is 8.44. The van der Waals surface area contributed by atoms with E-state index in [1.165, 1.54) is 23.1 Å². The van der Waals surface area contributed by atoms with E-state index in [4.69, 9.17) is 23.8 Å². The third-order valence-corrected chi connectivity index (χ3v) is 6.79. The van der Waals surface area contributed by atoms with Crippen LogP contribution in [0.5, 0.6) is 0 Å². The fourth-order valence-corrected chi connectivity index (χ4v) is 5.14. The topological polar surface area (TPSA) is 62.3 Å². The molecule has 1 aliphatic heterocycles. The highest BCUT2D eigenvalue weighted by Crippen LogP contribution is 2.27. The van der Waals surface area contributed by atoms with Crippen LogP contribution in [0.25, 0.3) is 0 Å². The average molecular weight is 440 g/mol. The van der Waals surface area contributed by atoms with E-state index in [0.717, 1.165) is 15.5 Å². The third-order valence-electron chi connectivity index (χ3n) is 4.02. The smallest absolute Gasteiger partial charge is 0.241 e. The highest BCUT2D eigenvalue weighted by molar-refractivity contribution is 8.24. The van der Waals surface area contributed by atoms with Gasteiger partial charge in [-0.05, 0) is 25.0 Å². The van der Waals surface area contributed by atoms with Crippen molar-refractivity contribution < 1.29 is 9.59 Å². The molecule has 0 radical (unpaired) electrons. The molecule has 0 spiro atoms. The van der Waals surface area contributed by atoms with Crippen LogP contribution in [0.2, 0.25) is 5.02 Å². The number of carbonyl (C=O) groups excluding carboxylic acids is 2. The fourth-order valence-electron chi connectivity index (χ4n) is 2.63. The molecule has 1 fully saturated rings. The van der Waals surface area contributed by atoms with Gasteiger partial charge in [-0.15, -0.1) is 11.3 Å². The van der Waals surface area contributed by atoms with Crippen molar-refractivity contribution >= 4 is 68.2 Å². The molecular weight excluding hydrogens is 422 g/mol. The van der Waals surface area contributed by atoms with Crippen LogP contribution in [-0.4, -0.2) is 37.8 Å². The number of aromatic nitrogens is 1. The molecule has 1 N–H and O–H groups in total. The molecule has 1 atom stereocenters. The van der Waals surface area contributed by atoms with Gasteiger partial charge in [-0.1, -0.05) is 53.8 Å². The Balaban J connectivity index is 1.46. The van der Waals surface area contributed by atoms with E-state index in [0.29, 0.717) is 35.3 Å². The maximum atomic E-state index is 12.1. The molecule has 2 amide bonds. The predicted octanol–water partition coefficient (Wildman–Crippen LogP) is 4.35. The second-order valence-electron chi connectivity index (χ2n) is 6.07. The molecule has 1 aromatic carbocycles. The monoisotopic (exact) mass is 439 g/mol. The number of anilines is 1. The number of amides is 2. The summed E-state index contributed by atoms with van der Waals surface area (Å²) < 4.78 is 0.594. The zero-order valence-electron chi connectivity index (χ0n) is 14.6. The predicted molar refractivity (Wildman–Crippen MR) is 116 cm³/mol. The van der Waals surface area contributed by atoms with E-state index in [1.807, 2.05) is 31.2 Å². The first kappa shape index (κ1) is 20.3. The first-order chi connectivity index (χ1) is 12.9. The molecule has 0 aliphatic carbocycles. The number of hydrogen-bond donors (Lipinski definition) is 1. The van der Waals surface area contributed by atoms with Gasteiger partial charge in [0.15, 0.2) is 5.13 Å². The van der Waals surface area contributed by atoms with Crippen molar-refractivity contribution in [2.24, 2.45) is 0 Å². The van der Waals surface area contributed by atoms with Gasteiger partial charge < -0.3 is 5.32 Å². The Labute approximate surface area is 176 Å². The number of benzene rings is 1. The molecule has 3 rings (SSSR count). The van der Waals surface area contributed by atoms with Crippen LogP contribution in [0, 0.1) is 0 Å². The number of thioether (sulfide) groups is 1. The van der Waals surface area contributed by atoms with Crippen LogP contribution < -0.4 is 5.32 Å². The van der Waals surface area contributed by atoms with Crippen LogP contribution in [0.4, 0.5) is 5.13 Å². The standard InChI is InChI=1S/C18H18ClN3O2S3/c1-11-16(24)22(18(25)26-11)8-4-7-15(23)21-17-20-10-13(27-17)9-12-5-2-3-6-14(12)19/h2-3,5-6,10-11H,4,7-9H2,1H3,(H,20,21,23). The lowest BCUT2D eigenvalue weighted by atomic mass is 10.1. The maximum absolute atomic E-state index is 12.1. The summed E-state index contributed by atoms with van der Waals surface area (Å²) in [5.41, 5.74) is 1.03. The molecule has 5 nitrogen and oxygen atoms in total. The van der Waals surface area contributed by atoms with E-state index in [1.54, 1.807) is 11.1 Å². The Morgan fingerprint density at radius 2 is 2.19 bits per heavy atom. The minimum absolute atomic E-state index is 0.0227. The Morgan fingerprint density at radius 3 is 2.89 bits per heavy atom. The molecular formula is C18H18ClN3O2S3. The van der Waals surface area contributed by atoms with Crippen molar-refractivity contribution in [1.82, 2.24) is 9.88 Å². The molecule has 27 heavy (non-hydrogen) atoms. The maximum Gasteiger partial charge on any atom is 0.241 e. The lowest BCUT2D eigenvalue weighted by Gasteiger charge is -2.14. The minimum Gasteiger partial charge on any atom is -0.302 e. The number of nitrogens with zero attached hydrogens (tertiary/aromatic N) is 2. The number of halogens is 1. The largest absolute Gasteiger partial charge is 0.302 e. The van der Waals surface area contributed by atoms with Crippen molar-refractivity contribution in [3.8, 4) is 0 Å². The zero-order valence-corrected chi connectivity index (χ0v) is 17.8. The molecule has 0 bridgehead atoms. The van der Waals surface area contributed by atoms with E-state index < -0.39 is 0 Å². The summed E-state index contributed by atoms with van der Waals surface area (Å²) in [6.45, 7) is 2.31.